The van der Waals surface area contributed by atoms with Gasteiger partial charge in [-0.1, -0.05) is 182 Å². The predicted octanol–water partition coefficient (Wildman–Crippen LogP) is 12.4. The van der Waals surface area contributed by atoms with E-state index in [1.54, 1.807) is 0 Å². The predicted molar refractivity (Wildman–Crippen MR) is 275 cm³/mol. The first-order valence-electron chi connectivity index (χ1n) is 26.3. The first-order chi connectivity index (χ1) is 33.1. The average molecular weight is 979 g/mol. The maximum Gasteiger partial charge on any atom is 0.397 e. The van der Waals surface area contributed by atoms with Crippen LogP contribution in [-0.2, 0) is 38.3 Å². The monoisotopic (exact) mass is 979 g/mol. The SMILES string of the molecule is CC/C=C\C/C=C\C/C=C\C/C=C\CCCCCCCCCCC(=O)OC(COCCCCCCCCC/C=C\C/C=C\C/C=C\CCCCC)COC1OC(CO)C(O)C(OS(=O)(=O)O)C1O. The Kier molecular flexibility index (Phi) is 42.3. The summed E-state index contributed by atoms with van der Waals surface area (Å²) in [7, 11) is -5.07. The lowest BCUT2D eigenvalue weighted by atomic mass is 9.99. The third-order valence-corrected chi connectivity index (χ3v) is 12.0. The van der Waals surface area contributed by atoms with Gasteiger partial charge in [0.1, 0.15) is 30.5 Å². The van der Waals surface area contributed by atoms with Crippen LogP contribution in [0.3, 0.4) is 0 Å². The van der Waals surface area contributed by atoms with Gasteiger partial charge in [0.05, 0.1) is 19.8 Å². The van der Waals surface area contributed by atoms with Gasteiger partial charge in [0, 0.05) is 13.0 Å². The van der Waals surface area contributed by atoms with Crippen molar-refractivity contribution in [1.82, 2.24) is 0 Å². The number of hydrogen-bond donors (Lipinski definition) is 4. The highest BCUT2D eigenvalue weighted by Gasteiger charge is 2.48. The maximum atomic E-state index is 12.9. The zero-order valence-corrected chi connectivity index (χ0v) is 43.0. The van der Waals surface area contributed by atoms with Gasteiger partial charge < -0.3 is 34.3 Å². The first-order valence-corrected chi connectivity index (χ1v) is 27.7. The van der Waals surface area contributed by atoms with E-state index in [0.717, 1.165) is 96.3 Å². The van der Waals surface area contributed by atoms with Gasteiger partial charge >= 0.3 is 16.4 Å². The van der Waals surface area contributed by atoms with Crippen molar-refractivity contribution in [2.75, 3.05) is 26.4 Å². The Balaban J connectivity index is 2.37. The van der Waals surface area contributed by atoms with Crippen molar-refractivity contribution in [3.63, 3.8) is 0 Å². The Labute approximate surface area is 413 Å². The lowest BCUT2D eigenvalue weighted by Crippen LogP contribution is -2.60. The maximum absolute atomic E-state index is 12.9. The van der Waals surface area contributed by atoms with Crippen molar-refractivity contribution in [2.24, 2.45) is 0 Å². The van der Waals surface area contributed by atoms with Gasteiger partial charge in [-0.2, -0.15) is 8.42 Å². The minimum absolute atomic E-state index is 0.0212. The smallest absolute Gasteiger partial charge is 0.397 e. The van der Waals surface area contributed by atoms with E-state index in [4.69, 9.17) is 18.9 Å². The van der Waals surface area contributed by atoms with Gasteiger partial charge in [-0.25, -0.2) is 4.18 Å². The molecule has 0 amide bonds. The van der Waals surface area contributed by atoms with E-state index in [0.29, 0.717) is 13.0 Å². The lowest BCUT2D eigenvalue weighted by Gasteiger charge is -2.41. The fraction of sp³-hybridized carbons (Fsp3) is 0.727. The highest BCUT2D eigenvalue weighted by atomic mass is 32.3. The number of ether oxygens (including phenoxy) is 4. The van der Waals surface area contributed by atoms with Crippen LogP contribution in [0.25, 0.3) is 0 Å². The zero-order chi connectivity index (χ0) is 49.6. The topological polar surface area (TPSA) is 178 Å². The number of allylic oxidation sites excluding steroid dienone is 14. The molecular weight excluding hydrogens is 885 g/mol. The van der Waals surface area contributed by atoms with E-state index in [2.05, 4.69) is 103 Å². The highest BCUT2D eigenvalue weighted by Crippen LogP contribution is 2.26. The first kappa shape index (κ1) is 63.3. The van der Waals surface area contributed by atoms with E-state index in [-0.39, 0.29) is 19.6 Å². The molecule has 0 radical (unpaired) electrons. The molecule has 1 saturated heterocycles. The van der Waals surface area contributed by atoms with Crippen LogP contribution in [0.5, 0.6) is 0 Å². The molecule has 1 aliphatic rings. The normalized spacial score (nSPS) is 20.0. The summed E-state index contributed by atoms with van der Waals surface area (Å²) >= 11 is 0. The molecule has 1 fully saturated rings. The van der Waals surface area contributed by atoms with Crippen molar-refractivity contribution in [2.45, 2.75) is 230 Å². The number of aliphatic hydroxyl groups is 3. The number of hydrogen-bond acceptors (Lipinski definition) is 11. The molecule has 0 spiro atoms. The number of unbranched alkanes of at least 4 members (excludes halogenated alkanes) is 18. The molecule has 0 aliphatic carbocycles. The van der Waals surface area contributed by atoms with E-state index in [1.807, 2.05) is 0 Å². The van der Waals surface area contributed by atoms with Crippen molar-refractivity contribution in [1.29, 1.82) is 0 Å². The minimum Gasteiger partial charge on any atom is -0.457 e. The molecule has 0 aromatic rings. The molecule has 6 unspecified atom stereocenters. The Morgan fingerprint density at radius 1 is 0.574 bits per heavy atom. The number of aliphatic hydroxyl groups excluding tert-OH is 3. The van der Waals surface area contributed by atoms with Crippen LogP contribution in [0, 0.1) is 0 Å². The van der Waals surface area contributed by atoms with Crippen LogP contribution < -0.4 is 0 Å². The molecule has 1 rings (SSSR count). The van der Waals surface area contributed by atoms with E-state index < -0.39 is 59.8 Å². The van der Waals surface area contributed by atoms with Crippen LogP contribution in [-0.4, -0.2) is 97.5 Å². The molecule has 0 bridgehead atoms. The van der Waals surface area contributed by atoms with Crippen molar-refractivity contribution < 1.29 is 56.2 Å². The molecule has 1 heterocycles. The number of rotatable bonds is 45. The minimum atomic E-state index is -5.07. The third kappa shape index (κ3) is 38.1. The van der Waals surface area contributed by atoms with Crippen LogP contribution in [0.2, 0.25) is 0 Å². The summed E-state index contributed by atoms with van der Waals surface area (Å²) in [6, 6.07) is 0. The van der Waals surface area contributed by atoms with Gasteiger partial charge in [-0.05, 0) is 89.9 Å². The molecule has 12 nitrogen and oxygen atoms in total. The van der Waals surface area contributed by atoms with Crippen LogP contribution in [0.4, 0.5) is 0 Å². The molecule has 4 N–H and O–H groups in total. The largest absolute Gasteiger partial charge is 0.457 e. The van der Waals surface area contributed by atoms with Gasteiger partial charge in [0.25, 0.3) is 0 Å². The van der Waals surface area contributed by atoms with E-state index in [9.17, 15) is 33.1 Å². The second kappa shape index (κ2) is 45.4. The molecule has 13 heteroatoms. The summed E-state index contributed by atoms with van der Waals surface area (Å²) in [5.74, 6) is -0.414. The molecule has 0 aromatic carbocycles. The van der Waals surface area contributed by atoms with Gasteiger partial charge in [0.2, 0.25) is 0 Å². The summed E-state index contributed by atoms with van der Waals surface area (Å²) in [5.41, 5.74) is 0. The van der Waals surface area contributed by atoms with Gasteiger partial charge in [-0.3, -0.25) is 9.35 Å². The second-order valence-corrected chi connectivity index (χ2v) is 18.8. The highest BCUT2D eigenvalue weighted by molar-refractivity contribution is 7.80. The summed E-state index contributed by atoms with van der Waals surface area (Å²) < 4.78 is 59.3. The molecule has 392 valence electrons. The number of carbonyl (C=O) groups excluding carboxylic acids is 1. The van der Waals surface area contributed by atoms with Gasteiger partial charge in [0.15, 0.2) is 6.29 Å². The standard InChI is InChI=1S/C55H94O12S/c1-3-5-7-9-11-13-15-17-19-21-23-25-26-28-30-32-34-36-38-40-42-44-51(57)65-49(48-64-55-53(59)54(67-68(60,61)62)52(58)50(46-56)66-55)47-63-45-43-41-39-37-35-33-31-29-27-24-22-20-18-16-14-12-10-8-6-4-2/h5,7,11-14,17-20,23-25,27,49-50,52-56,58-59H,3-4,6,8-10,15-16,21-22,26,28-48H2,1-2H3,(H,60,61,62)/b7-5-,13-11-,14-12-,19-17-,20-18-,25-23-,27-24-. The number of esters is 1. The van der Waals surface area contributed by atoms with Crippen LogP contribution >= 0.6 is 0 Å². The summed E-state index contributed by atoms with van der Waals surface area (Å²) in [6.45, 7) is 3.82. The van der Waals surface area contributed by atoms with Gasteiger partial charge in [-0.15, -0.1) is 0 Å². The molecule has 0 aromatic heterocycles. The van der Waals surface area contributed by atoms with E-state index >= 15 is 0 Å². The molecule has 1 aliphatic heterocycles. The molecule has 6 atom stereocenters. The summed E-state index contributed by atoms with van der Waals surface area (Å²) in [5, 5.41) is 30.8. The molecular formula is C55H94O12S. The Morgan fingerprint density at radius 2 is 1.01 bits per heavy atom. The third-order valence-electron chi connectivity index (χ3n) is 11.5. The second-order valence-electron chi connectivity index (χ2n) is 17.7. The molecule has 0 saturated carbocycles. The fourth-order valence-corrected chi connectivity index (χ4v) is 8.06. The van der Waals surface area contributed by atoms with Crippen molar-refractivity contribution >= 4 is 16.4 Å². The fourth-order valence-electron chi connectivity index (χ4n) is 7.55. The zero-order valence-electron chi connectivity index (χ0n) is 42.1. The Morgan fingerprint density at radius 3 is 1.49 bits per heavy atom. The Hall–Kier alpha value is -2.72. The molecule has 68 heavy (non-hydrogen) atoms. The summed E-state index contributed by atoms with van der Waals surface area (Å²) in [4.78, 5) is 12.9. The van der Waals surface area contributed by atoms with Crippen LogP contribution in [0.1, 0.15) is 194 Å². The average Bonchev–Trinajstić information content (AvgIpc) is 3.31. The Bertz CT molecular complexity index is 1500. The summed E-state index contributed by atoms with van der Waals surface area (Å²) in [6.07, 6.45) is 51.7. The quantitative estimate of drug-likeness (QED) is 0.0197. The van der Waals surface area contributed by atoms with Crippen molar-refractivity contribution in [3.05, 3.63) is 85.1 Å². The van der Waals surface area contributed by atoms with Crippen molar-refractivity contribution in [3.8, 4) is 0 Å². The lowest BCUT2D eigenvalue weighted by molar-refractivity contribution is -0.301. The van der Waals surface area contributed by atoms with E-state index in [1.165, 1.54) is 70.6 Å². The number of carbonyl (C=O) groups is 1. The van der Waals surface area contributed by atoms with Crippen LogP contribution in [0.15, 0.2) is 85.1 Å².